The summed E-state index contributed by atoms with van der Waals surface area (Å²) in [7, 11) is 0. The van der Waals surface area contributed by atoms with Gasteiger partial charge in [0.05, 0.1) is 0 Å². The topological polar surface area (TPSA) is 84.8 Å². The van der Waals surface area contributed by atoms with Gasteiger partial charge in [-0.05, 0) is 4.92 Å². The molecule has 0 N–H and O–H groups in total. The first-order valence-corrected chi connectivity index (χ1v) is 2.77. The van der Waals surface area contributed by atoms with E-state index in [4.69, 9.17) is 5.26 Å². The summed E-state index contributed by atoms with van der Waals surface area (Å²) in [4.78, 5) is 13.1. The van der Waals surface area contributed by atoms with Crippen LogP contribution in [0.15, 0.2) is 12.5 Å². The van der Waals surface area contributed by atoms with Crippen molar-refractivity contribution in [2.24, 2.45) is 0 Å². The van der Waals surface area contributed by atoms with Crippen molar-refractivity contribution in [3.05, 3.63) is 22.6 Å². The molecule has 1 aromatic rings. The van der Waals surface area contributed by atoms with Crippen molar-refractivity contribution < 1.29 is 4.92 Å². The van der Waals surface area contributed by atoms with E-state index < -0.39 is 4.92 Å². The molecule has 0 unspecified atom stereocenters. The molecule has 0 atom stereocenters. The first kappa shape index (κ1) is 10.4. The standard InChI is InChI=1S/C5H4N4O2.ClH/c6-1-2-8-4-7-3-5(8)9(10)11;/h3-4H,2H2;1H. The van der Waals surface area contributed by atoms with Gasteiger partial charge in [-0.3, -0.25) is 0 Å². The van der Waals surface area contributed by atoms with Gasteiger partial charge in [-0.1, -0.05) is 0 Å². The van der Waals surface area contributed by atoms with Gasteiger partial charge in [-0.2, -0.15) is 9.83 Å². The number of rotatable bonds is 2. The number of nitriles is 1. The van der Waals surface area contributed by atoms with E-state index in [9.17, 15) is 10.1 Å². The minimum Gasteiger partial charge on any atom is -0.358 e. The summed E-state index contributed by atoms with van der Waals surface area (Å²) in [5.74, 6) is -0.161. The second-order valence-corrected chi connectivity index (χ2v) is 1.79. The molecule has 1 heterocycles. The quantitative estimate of drug-likeness (QED) is 0.506. The van der Waals surface area contributed by atoms with Crippen LogP contribution in [0, 0.1) is 21.4 Å². The fraction of sp³-hybridized carbons (Fsp3) is 0.200. The summed E-state index contributed by atoms with van der Waals surface area (Å²) in [5, 5.41) is 18.4. The Morgan fingerprint density at radius 2 is 2.50 bits per heavy atom. The maximum absolute atomic E-state index is 10.2. The molecular weight excluding hydrogens is 184 g/mol. The molecule has 64 valence electrons. The van der Waals surface area contributed by atoms with Crippen LogP contribution in [-0.2, 0) is 6.54 Å². The van der Waals surface area contributed by atoms with Crippen molar-refractivity contribution in [3.63, 3.8) is 0 Å². The Balaban J connectivity index is 0.00000121. The van der Waals surface area contributed by atoms with E-state index in [0.717, 1.165) is 6.20 Å². The molecule has 1 aromatic heterocycles. The lowest BCUT2D eigenvalue weighted by molar-refractivity contribution is -0.392. The maximum atomic E-state index is 10.2. The van der Waals surface area contributed by atoms with Crippen molar-refractivity contribution in [1.29, 1.82) is 5.26 Å². The largest absolute Gasteiger partial charge is 0.358 e. The number of aromatic nitrogens is 2. The molecule has 0 spiro atoms. The Hall–Kier alpha value is -1.61. The van der Waals surface area contributed by atoms with Gasteiger partial charge in [0.1, 0.15) is 12.3 Å². The molecule has 12 heavy (non-hydrogen) atoms. The van der Waals surface area contributed by atoms with Gasteiger partial charge >= 0.3 is 5.82 Å². The molecule has 0 radical (unpaired) electrons. The Labute approximate surface area is 74.0 Å². The van der Waals surface area contributed by atoms with Crippen molar-refractivity contribution in [3.8, 4) is 6.07 Å². The number of hydrogen-bond acceptors (Lipinski definition) is 4. The zero-order valence-electron chi connectivity index (χ0n) is 5.88. The molecular formula is C5H5ClN4O2. The Kier molecular flexibility index (Phi) is 3.73. The highest BCUT2D eigenvalue weighted by Crippen LogP contribution is 2.07. The van der Waals surface area contributed by atoms with Crippen molar-refractivity contribution in [2.75, 3.05) is 0 Å². The highest BCUT2D eigenvalue weighted by molar-refractivity contribution is 5.85. The fourth-order valence-electron chi connectivity index (χ4n) is 0.664. The highest BCUT2D eigenvalue weighted by Gasteiger charge is 2.10. The van der Waals surface area contributed by atoms with Crippen LogP contribution in [0.5, 0.6) is 0 Å². The molecule has 0 aliphatic heterocycles. The fourth-order valence-corrected chi connectivity index (χ4v) is 0.664. The second kappa shape index (κ2) is 4.31. The number of imidazole rings is 1. The van der Waals surface area contributed by atoms with E-state index >= 15 is 0 Å². The molecule has 0 saturated heterocycles. The summed E-state index contributed by atoms with van der Waals surface area (Å²) >= 11 is 0. The zero-order valence-corrected chi connectivity index (χ0v) is 6.69. The van der Waals surface area contributed by atoms with Gasteiger partial charge in [0, 0.05) is 0 Å². The van der Waals surface area contributed by atoms with Crippen LogP contribution in [0.3, 0.4) is 0 Å². The molecule has 0 aromatic carbocycles. The van der Waals surface area contributed by atoms with Gasteiger partial charge in [0.15, 0.2) is 12.9 Å². The third kappa shape index (κ3) is 1.93. The maximum Gasteiger partial charge on any atom is 0.343 e. The van der Waals surface area contributed by atoms with E-state index in [1.165, 1.54) is 10.9 Å². The molecule has 7 heteroatoms. The molecule has 0 aliphatic rings. The predicted molar refractivity (Wildman–Crippen MR) is 41.7 cm³/mol. The van der Waals surface area contributed by atoms with Crippen molar-refractivity contribution in [1.82, 2.24) is 9.55 Å². The third-order valence-electron chi connectivity index (χ3n) is 1.12. The van der Waals surface area contributed by atoms with Gasteiger partial charge in [-0.15, -0.1) is 12.4 Å². The normalized spacial score (nSPS) is 8.25. The predicted octanol–water partition coefficient (Wildman–Crippen LogP) is 0.737. The van der Waals surface area contributed by atoms with Crippen molar-refractivity contribution in [2.45, 2.75) is 6.54 Å². The minimum absolute atomic E-state index is 0. The van der Waals surface area contributed by atoms with Crippen LogP contribution in [0.1, 0.15) is 0 Å². The number of nitrogens with zero attached hydrogens (tertiary/aromatic N) is 4. The first-order valence-electron chi connectivity index (χ1n) is 2.77. The molecule has 1 rings (SSSR count). The van der Waals surface area contributed by atoms with E-state index in [1.807, 2.05) is 0 Å². The van der Waals surface area contributed by atoms with E-state index in [2.05, 4.69) is 4.98 Å². The lowest BCUT2D eigenvalue weighted by Crippen LogP contribution is -1.99. The second-order valence-electron chi connectivity index (χ2n) is 1.79. The first-order chi connectivity index (χ1) is 5.25. The Morgan fingerprint density at radius 3 is 3.00 bits per heavy atom. The highest BCUT2D eigenvalue weighted by atomic mass is 35.5. The summed E-state index contributed by atoms with van der Waals surface area (Å²) in [6.45, 7) is -0.0453. The van der Waals surface area contributed by atoms with Gasteiger partial charge in [0.2, 0.25) is 0 Å². The molecule has 0 aliphatic carbocycles. The summed E-state index contributed by atoms with van der Waals surface area (Å²) < 4.78 is 1.17. The molecule has 0 fully saturated rings. The third-order valence-corrected chi connectivity index (χ3v) is 1.12. The van der Waals surface area contributed by atoms with Crippen LogP contribution in [-0.4, -0.2) is 14.5 Å². The van der Waals surface area contributed by atoms with Gasteiger partial charge in [0.25, 0.3) is 0 Å². The average Bonchev–Trinajstić information content (AvgIpc) is 2.36. The average molecular weight is 189 g/mol. The number of halogens is 1. The van der Waals surface area contributed by atoms with Crippen molar-refractivity contribution >= 4 is 18.2 Å². The lowest BCUT2D eigenvalue weighted by Gasteiger charge is -1.92. The number of nitro groups is 1. The van der Waals surface area contributed by atoms with Crippen LogP contribution in [0.2, 0.25) is 0 Å². The van der Waals surface area contributed by atoms with Gasteiger partial charge < -0.3 is 10.1 Å². The zero-order chi connectivity index (χ0) is 8.27. The van der Waals surface area contributed by atoms with Crippen LogP contribution >= 0.6 is 12.4 Å². The monoisotopic (exact) mass is 188 g/mol. The van der Waals surface area contributed by atoms with Gasteiger partial charge in [-0.25, -0.2) is 4.98 Å². The summed E-state index contributed by atoms with van der Waals surface area (Å²) in [5.41, 5.74) is 0. The summed E-state index contributed by atoms with van der Waals surface area (Å²) in [6, 6.07) is 1.78. The number of hydrogen-bond donors (Lipinski definition) is 0. The summed E-state index contributed by atoms with van der Waals surface area (Å²) in [6.07, 6.45) is 2.36. The smallest absolute Gasteiger partial charge is 0.343 e. The van der Waals surface area contributed by atoms with E-state index in [0.29, 0.717) is 0 Å². The lowest BCUT2D eigenvalue weighted by atomic mass is 10.6. The van der Waals surface area contributed by atoms with Crippen LogP contribution in [0.4, 0.5) is 5.82 Å². The SMILES string of the molecule is Cl.N#CCn1cncc1[N+](=O)[O-]. The molecule has 0 amide bonds. The van der Waals surface area contributed by atoms with Crippen LogP contribution in [0.25, 0.3) is 0 Å². The minimum atomic E-state index is -0.579. The molecule has 6 nitrogen and oxygen atoms in total. The molecule has 0 saturated carbocycles. The Morgan fingerprint density at radius 1 is 1.83 bits per heavy atom. The van der Waals surface area contributed by atoms with E-state index in [1.54, 1.807) is 6.07 Å². The van der Waals surface area contributed by atoms with Crippen LogP contribution < -0.4 is 0 Å². The Bertz CT molecular complexity index is 315. The molecule has 0 bridgehead atoms. The van der Waals surface area contributed by atoms with E-state index in [-0.39, 0.29) is 24.8 Å².